The van der Waals surface area contributed by atoms with E-state index in [0.29, 0.717) is 6.04 Å². The van der Waals surface area contributed by atoms with Crippen molar-refractivity contribution in [2.45, 2.75) is 19.9 Å². The Kier molecular flexibility index (Phi) is 2.73. The molecule has 0 aromatic heterocycles. The molecule has 2 nitrogen and oxygen atoms in total. The standard InChI is InChI=1S/C12H18N2/c1-10-4-3-5-12(8-10)14-7-6-13-9-11(14)2/h3-5,8,11,13H,6-7,9H2,1-2H3/t11-/m1/s1. The second-order valence-corrected chi connectivity index (χ2v) is 4.09. The molecule has 0 unspecified atom stereocenters. The first-order valence-electron chi connectivity index (χ1n) is 5.31. The Labute approximate surface area is 85.9 Å². The molecular formula is C12H18N2. The van der Waals surface area contributed by atoms with Crippen LogP contribution < -0.4 is 10.2 Å². The maximum Gasteiger partial charge on any atom is 0.0386 e. The highest BCUT2D eigenvalue weighted by molar-refractivity contribution is 5.49. The molecule has 14 heavy (non-hydrogen) atoms. The first-order valence-corrected chi connectivity index (χ1v) is 5.31. The molecule has 2 rings (SSSR count). The zero-order valence-corrected chi connectivity index (χ0v) is 8.96. The van der Waals surface area contributed by atoms with Crippen LogP contribution >= 0.6 is 0 Å². The predicted molar refractivity (Wildman–Crippen MR) is 60.9 cm³/mol. The number of nitrogens with one attached hydrogen (secondary N) is 1. The van der Waals surface area contributed by atoms with Crippen molar-refractivity contribution in [1.29, 1.82) is 0 Å². The fraction of sp³-hybridized carbons (Fsp3) is 0.500. The molecular weight excluding hydrogens is 172 g/mol. The van der Waals surface area contributed by atoms with Gasteiger partial charge in [0, 0.05) is 31.4 Å². The molecule has 1 aliphatic heterocycles. The molecule has 0 aliphatic carbocycles. The van der Waals surface area contributed by atoms with Gasteiger partial charge in [-0.2, -0.15) is 0 Å². The summed E-state index contributed by atoms with van der Waals surface area (Å²) in [6.45, 7) is 7.72. The molecule has 0 bridgehead atoms. The lowest BCUT2D eigenvalue weighted by Gasteiger charge is -2.36. The molecule has 1 aliphatic rings. The van der Waals surface area contributed by atoms with Crippen molar-refractivity contribution in [3.63, 3.8) is 0 Å². The average molecular weight is 190 g/mol. The molecule has 76 valence electrons. The summed E-state index contributed by atoms with van der Waals surface area (Å²) in [5.74, 6) is 0. The third-order valence-corrected chi connectivity index (χ3v) is 2.83. The topological polar surface area (TPSA) is 15.3 Å². The van der Waals surface area contributed by atoms with Gasteiger partial charge in [0.25, 0.3) is 0 Å². The number of rotatable bonds is 1. The van der Waals surface area contributed by atoms with Gasteiger partial charge in [0.05, 0.1) is 0 Å². The summed E-state index contributed by atoms with van der Waals surface area (Å²) in [6, 6.07) is 9.36. The van der Waals surface area contributed by atoms with Crippen molar-refractivity contribution >= 4 is 5.69 Å². The van der Waals surface area contributed by atoms with E-state index in [1.54, 1.807) is 0 Å². The summed E-state index contributed by atoms with van der Waals surface area (Å²) in [5, 5.41) is 3.41. The summed E-state index contributed by atoms with van der Waals surface area (Å²) in [4.78, 5) is 2.48. The fourth-order valence-corrected chi connectivity index (χ4v) is 2.03. The van der Waals surface area contributed by atoms with Crippen LogP contribution in [-0.2, 0) is 0 Å². The van der Waals surface area contributed by atoms with Gasteiger partial charge >= 0.3 is 0 Å². The van der Waals surface area contributed by atoms with E-state index >= 15 is 0 Å². The van der Waals surface area contributed by atoms with Crippen LogP contribution in [0.2, 0.25) is 0 Å². The number of piperazine rings is 1. The summed E-state index contributed by atoms with van der Waals surface area (Å²) in [7, 11) is 0. The highest BCUT2D eigenvalue weighted by Gasteiger charge is 2.17. The maximum absolute atomic E-state index is 3.41. The van der Waals surface area contributed by atoms with Crippen LogP contribution in [0.1, 0.15) is 12.5 Å². The molecule has 1 aromatic carbocycles. The molecule has 1 aromatic rings. The van der Waals surface area contributed by atoms with E-state index < -0.39 is 0 Å². The van der Waals surface area contributed by atoms with E-state index in [0.717, 1.165) is 19.6 Å². The summed E-state index contributed by atoms with van der Waals surface area (Å²) in [6.07, 6.45) is 0. The lowest BCUT2D eigenvalue weighted by molar-refractivity contribution is 0.501. The van der Waals surface area contributed by atoms with Crippen molar-refractivity contribution in [1.82, 2.24) is 5.32 Å². The lowest BCUT2D eigenvalue weighted by atomic mass is 10.1. The first kappa shape index (κ1) is 9.53. The van der Waals surface area contributed by atoms with Crippen LogP contribution in [-0.4, -0.2) is 25.7 Å². The molecule has 2 heteroatoms. The Morgan fingerprint density at radius 1 is 1.43 bits per heavy atom. The monoisotopic (exact) mass is 190 g/mol. The highest BCUT2D eigenvalue weighted by atomic mass is 15.2. The van der Waals surface area contributed by atoms with Crippen LogP contribution in [0.4, 0.5) is 5.69 Å². The second-order valence-electron chi connectivity index (χ2n) is 4.09. The Balaban J connectivity index is 2.20. The largest absolute Gasteiger partial charge is 0.366 e. The van der Waals surface area contributed by atoms with Gasteiger partial charge in [-0.3, -0.25) is 0 Å². The van der Waals surface area contributed by atoms with Gasteiger partial charge in [-0.1, -0.05) is 12.1 Å². The lowest BCUT2D eigenvalue weighted by Crippen LogP contribution is -2.49. The Morgan fingerprint density at radius 3 is 3.00 bits per heavy atom. The smallest absolute Gasteiger partial charge is 0.0386 e. The maximum atomic E-state index is 3.41. The number of nitrogens with zero attached hydrogens (tertiary/aromatic N) is 1. The molecule has 1 fully saturated rings. The molecule has 1 heterocycles. The van der Waals surface area contributed by atoms with E-state index in [2.05, 4.69) is 48.3 Å². The van der Waals surface area contributed by atoms with Gasteiger partial charge in [0.15, 0.2) is 0 Å². The minimum absolute atomic E-state index is 0.602. The third kappa shape index (κ3) is 1.90. The van der Waals surface area contributed by atoms with Crippen LogP contribution in [0.15, 0.2) is 24.3 Å². The van der Waals surface area contributed by atoms with Crippen molar-refractivity contribution in [2.24, 2.45) is 0 Å². The Hall–Kier alpha value is -1.02. The molecule has 0 radical (unpaired) electrons. The van der Waals surface area contributed by atoms with E-state index in [4.69, 9.17) is 0 Å². The SMILES string of the molecule is Cc1cccc(N2CCNC[C@H]2C)c1. The van der Waals surface area contributed by atoms with Crippen LogP contribution in [0.5, 0.6) is 0 Å². The number of hydrogen-bond acceptors (Lipinski definition) is 2. The quantitative estimate of drug-likeness (QED) is 0.726. The molecule has 1 N–H and O–H groups in total. The Morgan fingerprint density at radius 2 is 2.29 bits per heavy atom. The number of anilines is 1. The van der Waals surface area contributed by atoms with Gasteiger partial charge < -0.3 is 10.2 Å². The van der Waals surface area contributed by atoms with E-state index in [-0.39, 0.29) is 0 Å². The van der Waals surface area contributed by atoms with Crippen LogP contribution in [0.3, 0.4) is 0 Å². The third-order valence-electron chi connectivity index (χ3n) is 2.83. The van der Waals surface area contributed by atoms with Gasteiger partial charge in [-0.15, -0.1) is 0 Å². The van der Waals surface area contributed by atoms with Crippen LogP contribution in [0.25, 0.3) is 0 Å². The van der Waals surface area contributed by atoms with Crippen LogP contribution in [0, 0.1) is 6.92 Å². The predicted octanol–water partition coefficient (Wildman–Crippen LogP) is 1.79. The minimum Gasteiger partial charge on any atom is -0.366 e. The van der Waals surface area contributed by atoms with Crippen molar-refractivity contribution in [2.75, 3.05) is 24.5 Å². The summed E-state index contributed by atoms with van der Waals surface area (Å²) < 4.78 is 0. The van der Waals surface area contributed by atoms with Gasteiger partial charge in [-0.25, -0.2) is 0 Å². The molecule has 0 saturated carbocycles. The molecule has 1 saturated heterocycles. The Bertz CT molecular complexity index is 309. The van der Waals surface area contributed by atoms with Gasteiger partial charge in [0.2, 0.25) is 0 Å². The summed E-state index contributed by atoms with van der Waals surface area (Å²) in [5.41, 5.74) is 2.70. The fourth-order valence-electron chi connectivity index (χ4n) is 2.03. The zero-order valence-electron chi connectivity index (χ0n) is 8.96. The second kappa shape index (κ2) is 4.01. The molecule has 0 spiro atoms. The molecule has 0 amide bonds. The minimum atomic E-state index is 0.602. The van der Waals surface area contributed by atoms with Crippen molar-refractivity contribution in [3.05, 3.63) is 29.8 Å². The first-order chi connectivity index (χ1) is 6.77. The summed E-state index contributed by atoms with van der Waals surface area (Å²) >= 11 is 0. The van der Waals surface area contributed by atoms with E-state index in [1.165, 1.54) is 11.3 Å². The number of aryl methyl sites for hydroxylation is 1. The number of hydrogen-bond donors (Lipinski definition) is 1. The van der Waals surface area contributed by atoms with Crippen molar-refractivity contribution < 1.29 is 0 Å². The molecule has 1 atom stereocenters. The van der Waals surface area contributed by atoms with E-state index in [1.807, 2.05) is 0 Å². The average Bonchev–Trinajstić information content (AvgIpc) is 2.18. The number of benzene rings is 1. The zero-order chi connectivity index (χ0) is 9.97. The van der Waals surface area contributed by atoms with Gasteiger partial charge in [-0.05, 0) is 31.5 Å². The normalized spacial score (nSPS) is 22.4. The van der Waals surface area contributed by atoms with Crippen molar-refractivity contribution in [3.8, 4) is 0 Å². The van der Waals surface area contributed by atoms with E-state index in [9.17, 15) is 0 Å². The van der Waals surface area contributed by atoms with Gasteiger partial charge in [0.1, 0.15) is 0 Å². The highest BCUT2D eigenvalue weighted by Crippen LogP contribution is 2.19.